The minimum absolute atomic E-state index is 0.0118. The number of hydrogen-bond acceptors (Lipinski definition) is 5. The molecule has 0 heterocycles. The van der Waals surface area contributed by atoms with Crippen LogP contribution in [0.15, 0.2) is 29.2 Å². The minimum atomic E-state index is -4.04. The molecule has 2 amide bonds. The summed E-state index contributed by atoms with van der Waals surface area (Å²) in [6.45, 7) is 1.43. The number of aryl methyl sites for hydroxylation is 1. The number of rotatable bonds is 6. The number of carbonyl (C=O) groups is 1. The zero-order valence-corrected chi connectivity index (χ0v) is 12.4. The van der Waals surface area contributed by atoms with Crippen molar-refractivity contribution in [2.45, 2.75) is 18.1 Å². The zero-order chi connectivity index (χ0) is 15.3. The van der Waals surface area contributed by atoms with Gasteiger partial charge < -0.3 is 15.2 Å². The van der Waals surface area contributed by atoms with Gasteiger partial charge in [0, 0.05) is 14.2 Å². The number of nitrogens with two attached hydrogens (primary N) is 1. The molecule has 0 aliphatic carbocycles. The second kappa shape index (κ2) is 6.69. The Morgan fingerprint density at radius 1 is 1.35 bits per heavy atom. The van der Waals surface area contributed by atoms with Crippen molar-refractivity contribution in [3.05, 3.63) is 29.8 Å². The lowest BCUT2D eigenvalue weighted by molar-refractivity contribution is -0.104. The standard InChI is InChI=1S/C12H18N2O5S/c1-9-5-4-6-10(7-9)20(16,17)14(12(13)15)8-11(18-2)19-3/h4-7,11H,8H2,1-3H3,(H2,13,15). The van der Waals surface area contributed by atoms with Gasteiger partial charge in [-0.25, -0.2) is 17.5 Å². The molecule has 0 fully saturated rings. The van der Waals surface area contributed by atoms with E-state index in [1.54, 1.807) is 19.1 Å². The first-order chi connectivity index (χ1) is 9.32. The van der Waals surface area contributed by atoms with Gasteiger partial charge in [-0.1, -0.05) is 12.1 Å². The van der Waals surface area contributed by atoms with Crippen LogP contribution >= 0.6 is 0 Å². The molecular weight excluding hydrogens is 284 g/mol. The highest BCUT2D eigenvalue weighted by molar-refractivity contribution is 7.89. The van der Waals surface area contributed by atoms with Crippen LogP contribution in [0.25, 0.3) is 0 Å². The molecule has 8 heteroatoms. The number of nitrogens with zero attached hydrogens (tertiary/aromatic N) is 1. The van der Waals surface area contributed by atoms with Crippen LogP contribution < -0.4 is 5.73 Å². The van der Waals surface area contributed by atoms with Crippen molar-refractivity contribution in [1.29, 1.82) is 0 Å². The topological polar surface area (TPSA) is 98.9 Å². The highest BCUT2D eigenvalue weighted by Gasteiger charge is 2.30. The fourth-order valence-corrected chi connectivity index (χ4v) is 2.98. The van der Waals surface area contributed by atoms with Crippen LogP contribution in [0.3, 0.4) is 0 Å². The molecule has 0 spiro atoms. The quantitative estimate of drug-likeness (QED) is 0.779. The maximum atomic E-state index is 12.4. The van der Waals surface area contributed by atoms with Gasteiger partial charge in [0.2, 0.25) is 0 Å². The first-order valence-electron chi connectivity index (χ1n) is 5.77. The molecule has 0 aliphatic rings. The number of carbonyl (C=O) groups excluding carboxylic acids is 1. The molecule has 1 rings (SSSR count). The molecule has 2 N–H and O–H groups in total. The maximum Gasteiger partial charge on any atom is 0.328 e. The second-order valence-corrected chi connectivity index (χ2v) is 5.95. The van der Waals surface area contributed by atoms with Gasteiger partial charge in [-0.2, -0.15) is 0 Å². The zero-order valence-electron chi connectivity index (χ0n) is 11.6. The maximum absolute atomic E-state index is 12.4. The van der Waals surface area contributed by atoms with Crippen molar-refractivity contribution >= 4 is 16.1 Å². The minimum Gasteiger partial charge on any atom is -0.354 e. The van der Waals surface area contributed by atoms with Gasteiger partial charge in [-0.05, 0) is 24.6 Å². The monoisotopic (exact) mass is 302 g/mol. The van der Waals surface area contributed by atoms with Crippen LogP contribution in [0.2, 0.25) is 0 Å². The van der Waals surface area contributed by atoms with Crippen molar-refractivity contribution in [3.63, 3.8) is 0 Å². The van der Waals surface area contributed by atoms with E-state index >= 15 is 0 Å². The average molecular weight is 302 g/mol. The Balaban J connectivity index is 3.16. The van der Waals surface area contributed by atoms with E-state index in [-0.39, 0.29) is 11.4 Å². The van der Waals surface area contributed by atoms with E-state index < -0.39 is 22.3 Å². The lowest BCUT2D eigenvalue weighted by Crippen LogP contribution is -2.45. The Morgan fingerprint density at radius 3 is 2.40 bits per heavy atom. The molecule has 0 atom stereocenters. The third-order valence-electron chi connectivity index (χ3n) is 2.66. The van der Waals surface area contributed by atoms with E-state index in [4.69, 9.17) is 15.2 Å². The summed E-state index contributed by atoms with van der Waals surface area (Å²) in [7, 11) is -1.36. The van der Waals surface area contributed by atoms with Gasteiger partial charge in [0.25, 0.3) is 10.0 Å². The smallest absolute Gasteiger partial charge is 0.328 e. The summed E-state index contributed by atoms with van der Waals surface area (Å²) in [5.41, 5.74) is 5.91. The lowest BCUT2D eigenvalue weighted by Gasteiger charge is -2.24. The van der Waals surface area contributed by atoms with Crippen LogP contribution in [-0.4, -0.2) is 45.8 Å². The first-order valence-corrected chi connectivity index (χ1v) is 7.21. The Kier molecular flexibility index (Phi) is 5.49. The fraction of sp³-hybridized carbons (Fsp3) is 0.417. The van der Waals surface area contributed by atoms with E-state index in [1.807, 2.05) is 0 Å². The van der Waals surface area contributed by atoms with Crippen LogP contribution in [0, 0.1) is 6.92 Å². The van der Waals surface area contributed by atoms with E-state index in [0.29, 0.717) is 4.31 Å². The van der Waals surface area contributed by atoms with Crippen molar-refractivity contribution in [2.75, 3.05) is 20.8 Å². The molecule has 0 unspecified atom stereocenters. The molecule has 20 heavy (non-hydrogen) atoms. The summed E-state index contributed by atoms with van der Waals surface area (Å²) >= 11 is 0. The Labute approximate surface area is 118 Å². The molecule has 0 bridgehead atoms. The van der Waals surface area contributed by atoms with Crippen molar-refractivity contribution < 1.29 is 22.7 Å². The molecule has 0 saturated carbocycles. The molecular formula is C12H18N2O5S. The predicted molar refractivity (Wildman–Crippen MR) is 72.5 cm³/mol. The van der Waals surface area contributed by atoms with Gasteiger partial charge >= 0.3 is 6.03 Å². The number of amides is 2. The highest BCUT2D eigenvalue weighted by atomic mass is 32.2. The van der Waals surface area contributed by atoms with E-state index in [9.17, 15) is 13.2 Å². The van der Waals surface area contributed by atoms with Gasteiger partial charge in [0.15, 0.2) is 6.29 Å². The summed E-state index contributed by atoms with van der Waals surface area (Å²) < 4.78 is 35.1. The van der Waals surface area contributed by atoms with Gasteiger partial charge in [0.1, 0.15) is 0 Å². The van der Waals surface area contributed by atoms with E-state index in [0.717, 1.165) is 5.56 Å². The average Bonchev–Trinajstić information content (AvgIpc) is 2.39. The number of ether oxygens (including phenoxy) is 2. The molecule has 0 aromatic heterocycles. The number of methoxy groups -OCH3 is 2. The predicted octanol–water partition coefficient (Wildman–Crippen LogP) is 0.683. The lowest BCUT2D eigenvalue weighted by atomic mass is 10.2. The van der Waals surface area contributed by atoms with E-state index in [2.05, 4.69) is 0 Å². The molecule has 7 nitrogen and oxygen atoms in total. The fourth-order valence-electron chi connectivity index (χ4n) is 1.59. The van der Waals surface area contributed by atoms with Crippen LogP contribution in [0.1, 0.15) is 5.56 Å². The molecule has 0 aliphatic heterocycles. The van der Waals surface area contributed by atoms with Gasteiger partial charge in [0.05, 0.1) is 11.4 Å². The molecule has 1 aromatic carbocycles. The van der Waals surface area contributed by atoms with Crippen LogP contribution in [0.5, 0.6) is 0 Å². The Morgan fingerprint density at radius 2 is 1.95 bits per heavy atom. The number of hydrogen-bond donors (Lipinski definition) is 1. The normalized spacial score (nSPS) is 11.6. The molecule has 0 radical (unpaired) electrons. The third kappa shape index (κ3) is 3.69. The summed E-state index contributed by atoms with van der Waals surface area (Å²) in [5, 5.41) is 0. The Hall–Kier alpha value is -1.64. The summed E-state index contributed by atoms with van der Waals surface area (Å²) in [6.07, 6.45) is -0.887. The van der Waals surface area contributed by atoms with Gasteiger partial charge in [-0.15, -0.1) is 0 Å². The molecule has 112 valence electrons. The van der Waals surface area contributed by atoms with E-state index in [1.165, 1.54) is 26.4 Å². The largest absolute Gasteiger partial charge is 0.354 e. The third-order valence-corrected chi connectivity index (χ3v) is 4.42. The summed E-state index contributed by atoms with van der Waals surface area (Å²) in [6, 6.07) is 5.10. The van der Waals surface area contributed by atoms with Crippen LogP contribution in [-0.2, 0) is 19.5 Å². The Bertz CT molecular complexity index is 569. The molecule has 1 aromatic rings. The number of sulfonamides is 1. The van der Waals surface area contributed by atoms with Crippen molar-refractivity contribution in [1.82, 2.24) is 4.31 Å². The van der Waals surface area contributed by atoms with Crippen molar-refractivity contribution in [2.24, 2.45) is 5.73 Å². The SMILES string of the molecule is COC(CN(C(N)=O)S(=O)(=O)c1cccc(C)c1)OC. The van der Waals surface area contributed by atoms with Gasteiger partial charge in [-0.3, -0.25) is 0 Å². The highest BCUT2D eigenvalue weighted by Crippen LogP contribution is 2.17. The molecule has 0 saturated heterocycles. The number of urea groups is 1. The summed E-state index contributed by atoms with van der Waals surface area (Å²) in [5.74, 6) is 0. The summed E-state index contributed by atoms with van der Waals surface area (Å²) in [4.78, 5) is 11.4. The number of primary amides is 1. The first kappa shape index (κ1) is 16.4. The van der Waals surface area contributed by atoms with Crippen molar-refractivity contribution in [3.8, 4) is 0 Å². The van der Waals surface area contributed by atoms with Crippen LogP contribution in [0.4, 0.5) is 4.79 Å². The second-order valence-electron chi connectivity index (χ2n) is 4.09. The number of benzene rings is 1.